The Bertz CT molecular complexity index is 486. The van der Waals surface area contributed by atoms with Gasteiger partial charge in [-0.05, 0) is 12.1 Å². The molecule has 2 rings (SSSR count). The highest BCUT2D eigenvalue weighted by Gasteiger charge is 2.12. The van der Waals surface area contributed by atoms with E-state index in [1.807, 2.05) is 18.2 Å². The maximum absolute atomic E-state index is 7.44. The molecule has 3 N–H and O–H groups in total. The summed E-state index contributed by atoms with van der Waals surface area (Å²) in [7, 11) is 1.79. The van der Waals surface area contributed by atoms with Crippen LogP contribution in [0, 0.1) is 5.41 Å². The Morgan fingerprint density at radius 2 is 2.27 bits per heavy atom. The SMILES string of the molecule is Cn1cc(C(=N)N)c(-c2ccccn2)n1. The maximum Gasteiger partial charge on any atom is 0.126 e. The van der Waals surface area contributed by atoms with Crippen LogP contribution in [0.1, 0.15) is 5.56 Å². The molecule has 0 saturated heterocycles. The lowest BCUT2D eigenvalue weighted by Crippen LogP contribution is -2.11. The zero-order chi connectivity index (χ0) is 10.8. The molecule has 0 bridgehead atoms. The fraction of sp³-hybridized carbons (Fsp3) is 0.100. The van der Waals surface area contributed by atoms with Gasteiger partial charge in [-0.2, -0.15) is 5.10 Å². The molecule has 0 saturated carbocycles. The molecule has 2 aromatic rings. The van der Waals surface area contributed by atoms with Gasteiger partial charge in [-0.3, -0.25) is 15.1 Å². The van der Waals surface area contributed by atoms with E-state index in [0.717, 1.165) is 5.69 Å². The molecule has 76 valence electrons. The topological polar surface area (TPSA) is 80.6 Å². The third kappa shape index (κ3) is 1.71. The van der Waals surface area contributed by atoms with E-state index in [9.17, 15) is 0 Å². The molecule has 0 atom stereocenters. The van der Waals surface area contributed by atoms with Crippen LogP contribution in [0.4, 0.5) is 0 Å². The van der Waals surface area contributed by atoms with E-state index in [1.54, 1.807) is 24.1 Å². The molecule has 0 aromatic carbocycles. The molecule has 0 aliphatic rings. The summed E-state index contributed by atoms with van der Waals surface area (Å²) in [5.41, 5.74) is 7.44. The highest BCUT2D eigenvalue weighted by molar-refractivity contribution is 6.00. The van der Waals surface area contributed by atoms with Gasteiger partial charge in [0.25, 0.3) is 0 Å². The van der Waals surface area contributed by atoms with Gasteiger partial charge >= 0.3 is 0 Å². The number of nitrogen functional groups attached to an aromatic ring is 1. The molecule has 0 aliphatic heterocycles. The second kappa shape index (κ2) is 3.53. The number of nitrogens with zero attached hydrogens (tertiary/aromatic N) is 3. The Morgan fingerprint density at radius 3 is 2.87 bits per heavy atom. The molecule has 0 fully saturated rings. The number of nitrogens with two attached hydrogens (primary N) is 1. The minimum absolute atomic E-state index is 0.00348. The Labute approximate surface area is 87.1 Å². The highest BCUT2D eigenvalue weighted by atomic mass is 15.3. The number of pyridine rings is 1. The predicted octanol–water partition coefficient (Wildman–Crippen LogP) is 0.766. The standard InChI is InChI=1S/C10H11N5/c1-15-6-7(10(11)12)9(14-15)8-4-2-3-5-13-8/h2-6H,1H3,(H3,11,12). The van der Waals surface area contributed by atoms with E-state index in [4.69, 9.17) is 11.1 Å². The quantitative estimate of drug-likeness (QED) is 0.556. The molecule has 0 amide bonds. The van der Waals surface area contributed by atoms with Crippen molar-refractivity contribution in [2.24, 2.45) is 12.8 Å². The first-order valence-corrected chi connectivity index (χ1v) is 4.48. The zero-order valence-corrected chi connectivity index (χ0v) is 8.31. The summed E-state index contributed by atoms with van der Waals surface area (Å²) in [6.45, 7) is 0. The molecule has 5 heteroatoms. The van der Waals surface area contributed by atoms with Gasteiger partial charge in [-0.15, -0.1) is 0 Å². The largest absolute Gasteiger partial charge is 0.384 e. The van der Waals surface area contributed by atoms with Crippen LogP contribution in [-0.2, 0) is 7.05 Å². The molecule has 5 nitrogen and oxygen atoms in total. The third-order valence-electron chi connectivity index (χ3n) is 2.03. The predicted molar refractivity (Wildman–Crippen MR) is 57.5 cm³/mol. The molecular formula is C10H11N5. The van der Waals surface area contributed by atoms with Gasteiger partial charge in [0.2, 0.25) is 0 Å². The van der Waals surface area contributed by atoms with Crippen molar-refractivity contribution in [1.29, 1.82) is 5.41 Å². The lowest BCUT2D eigenvalue weighted by Gasteiger charge is -1.98. The van der Waals surface area contributed by atoms with Crippen LogP contribution >= 0.6 is 0 Å². The van der Waals surface area contributed by atoms with Crippen LogP contribution in [0.5, 0.6) is 0 Å². The number of nitrogens with one attached hydrogen (secondary N) is 1. The van der Waals surface area contributed by atoms with Crippen molar-refractivity contribution in [3.63, 3.8) is 0 Å². The van der Waals surface area contributed by atoms with Crippen LogP contribution in [-0.4, -0.2) is 20.6 Å². The van der Waals surface area contributed by atoms with Crippen LogP contribution in [0.2, 0.25) is 0 Å². The van der Waals surface area contributed by atoms with E-state index < -0.39 is 0 Å². The molecule has 0 spiro atoms. The molecule has 0 radical (unpaired) electrons. The lowest BCUT2D eigenvalue weighted by molar-refractivity contribution is 0.770. The van der Waals surface area contributed by atoms with Crippen molar-refractivity contribution < 1.29 is 0 Å². The van der Waals surface area contributed by atoms with Gasteiger partial charge in [-0.25, -0.2) is 0 Å². The van der Waals surface area contributed by atoms with Gasteiger partial charge in [0, 0.05) is 19.4 Å². The number of hydrogen-bond acceptors (Lipinski definition) is 3. The minimum Gasteiger partial charge on any atom is -0.384 e. The van der Waals surface area contributed by atoms with E-state index in [-0.39, 0.29) is 5.84 Å². The number of aromatic nitrogens is 3. The lowest BCUT2D eigenvalue weighted by atomic mass is 10.2. The summed E-state index contributed by atoms with van der Waals surface area (Å²) in [5, 5.41) is 11.7. The highest BCUT2D eigenvalue weighted by Crippen LogP contribution is 2.18. The van der Waals surface area contributed by atoms with Crippen LogP contribution in [0.25, 0.3) is 11.4 Å². The Balaban J connectivity index is 2.58. The third-order valence-corrected chi connectivity index (χ3v) is 2.03. The number of amidine groups is 1. The summed E-state index contributed by atoms with van der Waals surface area (Å²) in [4.78, 5) is 4.18. The van der Waals surface area contributed by atoms with Gasteiger partial charge < -0.3 is 5.73 Å². The first kappa shape index (κ1) is 9.39. The Hall–Kier alpha value is -2.17. The smallest absolute Gasteiger partial charge is 0.126 e. The van der Waals surface area contributed by atoms with Gasteiger partial charge in [0.1, 0.15) is 11.5 Å². The first-order chi connectivity index (χ1) is 7.18. The summed E-state index contributed by atoms with van der Waals surface area (Å²) < 4.78 is 1.63. The zero-order valence-electron chi connectivity index (χ0n) is 8.31. The first-order valence-electron chi connectivity index (χ1n) is 4.48. The molecule has 15 heavy (non-hydrogen) atoms. The van der Waals surface area contributed by atoms with Gasteiger partial charge in [-0.1, -0.05) is 6.07 Å². The van der Waals surface area contributed by atoms with E-state index >= 15 is 0 Å². The summed E-state index contributed by atoms with van der Waals surface area (Å²) in [6, 6.07) is 5.55. The summed E-state index contributed by atoms with van der Waals surface area (Å²) >= 11 is 0. The molecule has 0 aliphatic carbocycles. The van der Waals surface area contributed by atoms with Crippen molar-refractivity contribution in [3.05, 3.63) is 36.2 Å². The van der Waals surface area contributed by atoms with Gasteiger partial charge in [0.15, 0.2) is 0 Å². The van der Waals surface area contributed by atoms with Crippen molar-refractivity contribution in [1.82, 2.24) is 14.8 Å². The van der Waals surface area contributed by atoms with E-state index in [1.165, 1.54) is 0 Å². The van der Waals surface area contributed by atoms with E-state index in [2.05, 4.69) is 10.1 Å². The van der Waals surface area contributed by atoms with Crippen molar-refractivity contribution >= 4 is 5.84 Å². The molecule has 2 aromatic heterocycles. The monoisotopic (exact) mass is 201 g/mol. The van der Waals surface area contributed by atoms with E-state index in [0.29, 0.717) is 11.3 Å². The Kier molecular flexibility index (Phi) is 2.21. The van der Waals surface area contributed by atoms with Crippen molar-refractivity contribution in [2.45, 2.75) is 0 Å². The maximum atomic E-state index is 7.44. The average molecular weight is 201 g/mol. The number of aryl methyl sites for hydroxylation is 1. The summed E-state index contributed by atoms with van der Waals surface area (Å²) in [6.07, 6.45) is 3.40. The fourth-order valence-electron chi connectivity index (χ4n) is 1.38. The van der Waals surface area contributed by atoms with Crippen LogP contribution < -0.4 is 5.73 Å². The van der Waals surface area contributed by atoms with Gasteiger partial charge in [0.05, 0.1) is 11.3 Å². The van der Waals surface area contributed by atoms with Crippen molar-refractivity contribution in [3.8, 4) is 11.4 Å². The average Bonchev–Trinajstić information content (AvgIpc) is 2.62. The number of rotatable bonds is 2. The minimum atomic E-state index is 0.00348. The second-order valence-corrected chi connectivity index (χ2v) is 3.19. The second-order valence-electron chi connectivity index (χ2n) is 3.19. The molecule has 0 unspecified atom stereocenters. The fourth-order valence-corrected chi connectivity index (χ4v) is 1.38. The Morgan fingerprint density at radius 1 is 1.47 bits per heavy atom. The molecule has 2 heterocycles. The van der Waals surface area contributed by atoms with Crippen LogP contribution in [0.3, 0.4) is 0 Å². The van der Waals surface area contributed by atoms with Crippen LogP contribution in [0.15, 0.2) is 30.6 Å². The summed E-state index contributed by atoms with van der Waals surface area (Å²) in [5.74, 6) is 0.00348. The normalized spacial score (nSPS) is 10.2. The molecular weight excluding hydrogens is 190 g/mol. The number of hydrogen-bond donors (Lipinski definition) is 2. The van der Waals surface area contributed by atoms with Crippen molar-refractivity contribution in [2.75, 3.05) is 0 Å².